The molecule has 23 heavy (non-hydrogen) atoms. The highest BCUT2D eigenvalue weighted by molar-refractivity contribution is 6.07. The lowest BCUT2D eigenvalue weighted by Crippen LogP contribution is -2.50. The number of carbonyl (C=O) groups excluding carboxylic acids is 1. The minimum atomic E-state index is -0.906. The molecule has 124 valence electrons. The van der Waals surface area contributed by atoms with Gasteiger partial charge in [-0.2, -0.15) is 0 Å². The Hall–Kier alpha value is -2.04. The summed E-state index contributed by atoms with van der Waals surface area (Å²) in [5.74, 6) is 1.48. The summed E-state index contributed by atoms with van der Waals surface area (Å²) in [7, 11) is 1.63. The third kappa shape index (κ3) is 3.05. The normalized spacial score (nSPS) is 25.0. The van der Waals surface area contributed by atoms with Gasteiger partial charge in [0.25, 0.3) is 5.91 Å². The van der Waals surface area contributed by atoms with Crippen molar-refractivity contribution in [1.29, 1.82) is 0 Å². The van der Waals surface area contributed by atoms with Gasteiger partial charge in [-0.25, -0.2) is 0 Å². The number of hydrogen-bond donors (Lipinski definition) is 0. The SMILES string of the molecule is COc1ccccc1C1=NO[C@@](C)(C(=O)N2CCC(C)CC2)C1. The zero-order valence-electron chi connectivity index (χ0n) is 14.0. The molecule has 0 spiro atoms. The number of piperidine rings is 1. The van der Waals surface area contributed by atoms with E-state index in [0.717, 1.165) is 43.0 Å². The topological polar surface area (TPSA) is 51.1 Å². The van der Waals surface area contributed by atoms with Gasteiger partial charge in [0.2, 0.25) is 5.60 Å². The van der Waals surface area contributed by atoms with E-state index >= 15 is 0 Å². The Balaban J connectivity index is 1.73. The number of ether oxygens (including phenoxy) is 1. The highest BCUT2D eigenvalue weighted by Gasteiger charge is 2.45. The summed E-state index contributed by atoms with van der Waals surface area (Å²) >= 11 is 0. The van der Waals surface area contributed by atoms with Gasteiger partial charge in [0, 0.05) is 25.1 Å². The number of amides is 1. The predicted molar refractivity (Wildman–Crippen MR) is 88.6 cm³/mol. The first-order valence-electron chi connectivity index (χ1n) is 8.21. The number of hydrogen-bond acceptors (Lipinski definition) is 4. The maximum atomic E-state index is 12.9. The molecule has 1 aromatic carbocycles. The minimum absolute atomic E-state index is 0.0399. The molecule has 0 bridgehead atoms. The van der Waals surface area contributed by atoms with E-state index in [-0.39, 0.29) is 5.91 Å². The maximum Gasteiger partial charge on any atom is 0.269 e. The Morgan fingerprint density at radius 2 is 2.04 bits per heavy atom. The summed E-state index contributed by atoms with van der Waals surface area (Å²) in [4.78, 5) is 20.4. The second-order valence-electron chi connectivity index (χ2n) is 6.71. The smallest absolute Gasteiger partial charge is 0.269 e. The summed E-state index contributed by atoms with van der Waals surface area (Å²) in [5.41, 5.74) is 0.749. The lowest BCUT2D eigenvalue weighted by Gasteiger charge is -2.34. The molecule has 0 aromatic heterocycles. The number of likely N-dealkylation sites (tertiary alicyclic amines) is 1. The molecule has 5 heteroatoms. The van der Waals surface area contributed by atoms with Crippen molar-refractivity contribution in [2.75, 3.05) is 20.2 Å². The van der Waals surface area contributed by atoms with Crippen molar-refractivity contribution >= 4 is 11.6 Å². The number of carbonyl (C=O) groups is 1. The molecular weight excluding hydrogens is 292 g/mol. The van der Waals surface area contributed by atoms with Crippen LogP contribution in [0.3, 0.4) is 0 Å². The standard InChI is InChI=1S/C18H24N2O3/c1-13-8-10-20(11-9-13)17(21)18(2)12-15(19-23-18)14-6-4-5-7-16(14)22-3/h4-7,13H,8-12H2,1-3H3/t18-/m1/s1. The molecule has 0 aliphatic carbocycles. The van der Waals surface area contributed by atoms with Gasteiger partial charge < -0.3 is 14.5 Å². The zero-order valence-corrected chi connectivity index (χ0v) is 14.0. The fraction of sp³-hybridized carbons (Fsp3) is 0.556. The largest absolute Gasteiger partial charge is 0.496 e. The second-order valence-corrected chi connectivity index (χ2v) is 6.71. The van der Waals surface area contributed by atoms with Gasteiger partial charge in [0.1, 0.15) is 5.75 Å². The van der Waals surface area contributed by atoms with E-state index < -0.39 is 5.60 Å². The molecule has 0 unspecified atom stereocenters. The van der Waals surface area contributed by atoms with Gasteiger partial charge in [-0.3, -0.25) is 4.79 Å². The van der Waals surface area contributed by atoms with E-state index in [1.54, 1.807) is 7.11 Å². The van der Waals surface area contributed by atoms with Crippen molar-refractivity contribution in [3.05, 3.63) is 29.8 Å². The van der Waals surface area contributed by atoms with E-state index in [1.807, 2.05) is 36.1 Å². The molecule has 1 saturated heterocycles. The quantitative estimate of drug-likeness (QED) is 0.861. The Labute approximate surface area is 137 Å². The zero-order chi connectivity index (χ0) is 16.4. The van der Waals surface area contributed by atoms with Gasteiger partial charge in [-0.1, -0.05) is 24.2 Å². The molecule has 5 nitrogen and oxygen atoms in total. The molecular formula is C18H24N2O3. The lowest BCUT2D eigenvalue weighted by atomic mass is 9.92. The third-order valence-corrected chi connectivity index (χ3v) is 4.80. The van der Waals surface area contributed by atoms with E-state index in [9.17, 15) is 4.79 Å². The van der Waals surface area contributed by atoms with Crippen LogP contribution in [0.4, 0.5) is 0 Å². The number of para-hydroxylation sites is 1. The Kier molecular flexibility index (Phi) is 4.28. The molecule has 0 N–H and O–H groups in total. The summed E-state index contributed by atoms with van der Waals surface area (Å²) in [6, 6.07) is 7.68. The molecule has 0 radical (unpaired) electrons. The molecule has 2 heterocycles. The Bertz CT molecular complexity index is 620. The van der Waals surface area contributed by atoms with Gasteiger partial charge in [-0.05, 0) is 37.8 Å². The lowest BCUT2D eigenvalue weighted by molar-refractivity contribution is -0.154. The van der Waals surface area contributed by atoms with E-state index in [1.165, 1.54) is 0 Å². The van der Waals surface area contributed by atoms with Crippen molar-refractivity contribution in [3.63, 3.8) is 0 Å². The average Bonchev–Trinajstić information content (AvgIpc) is 2.98. The van der Waals surface area contributed by atoms with Crippen molar-refractivity contribution in [3.8, 4) is 5.75 Å². The van der Waals surface area contributed by atoms with Gasteiger partial charge in [0.15, 0.2) is 0 Å². The van der Waals surface area contributed by atoms with E-state index in [4.69, 9.17) is 9.57 Å². The first-order chi connectivity index (χ1) is 11.0. The van der Waals surface area contributed by atoms with Crippen LogP contribution in [-0.2, 0) is 9.63 Å². The number of benzene rings is 1. The van der Waals surface area contributed by atoms with Crippen molar-refractivity contribution < 1.29 is 14.4 Å². The second kappa shape index (κ2) is 6.22. The van der Waals surface area contributed by atoms with Crippen LogP contribution in [0.15, 0.2) is 29.4 Å². The van der Waals surface area contributed by atoms with E-state index in [0.29, 0.717) is 12.3 Å². The molecule has 0 saturated carbocycles. The third-order valence-electron chi connectivity index (χ3n) is 4.80. The van der Waals surface area contributed by atoms with Crippen LogP contribution in [0.5, 0.6) is 5.75 Å². The van der Waals surface area contributed by atoms with Crippen molar-refractivity contribution in [1.82, 2.24) is 4.90 Å². The summed E-state index contributed by atoms with van der Waals surface area (Å²) in [6.07, 6.45) is 2.59. The fourth-order valence-corrected chi connectivity index (χ4v) is 3.23. The molecule has 1 aromatic rings. The molecule has 1 atom stereocenters. The molecule has 3 rings (SSSR count). The summed E-state index contributed by atoms with van der Waals surface area (Å²) in [6.45, 7) is 5.68. The van der Waals surface area contributed by atoms with Crippen molar-refractivity contribution in [2.45, 2.75) is 38.7 Å². The number of rotatable bonds is 3. The van der Waals surface area contributed by atoms with Crippen LogP contribution >= 0.6 is 0 Å². The van der Waals surface area contributed by atoms with E-state index in [2.05, 4.69) is 12.1 Å². The monoisotopic (exact) mass is 316 g/mol. The van der Waals surface area contributed by atoms with Gasteiger partial charge in [-0.15, -0.1) is 0 Å². The van der Waals surface area contributed by atoms with Crippen molar-refractivity contribution in [2.24, 2.45) is 11.1 Å². The maximum absolute atomic E-state index is 12.9. The first-order valence-corrected chi connectivity index (χ1v) is 8.21. The van der Waals surface area contributed by atoms with Gasteiger partial charge in [0.05, 0.1) is 12.8 Å². The average molecular weight is 316 g/mol. The van der Waals surface area contributed by atoms with Crippen LogP contribution in [0, 0.1) is 5.92 Å². The summed E-state index contributed by atoms with van der Waals surface area (Å²) in [5, 5.41) is 4.19. The number of methoxy groups -OCH3 is 1. The van der Waals surface area contributed by atoms with Gasteiger partial charge >= 0.3 is 0 Å². The Morgan fingerprint density at radius 1 is 1.35 bits per heavy atom. The van der Waals surface area contributed by atoms with Crippen LogP contribution in [0.1, 0.15) is 38.7 Å². The minimum Gasteiger partial charge on any atom is -0.496 e. The predicted octanol–water partition coefficient (Wildman–Crippen LogP) is 2.84. The first kappa shape index (κ1) is 15.8. The van der Waals surface area contributed by atoms with Crippen LogP contribution in [-0.4, -0.2) is 42.3 Å². The van der Waals surface area contributed by atoms with Crippen LogP contribution in [0.2, 0.25) is 0 Å². The molecule has 2 aliphatic rings. The molecule has 1 fully saturated rings. The molecule has 1 amide bonds. The molecule has 2 aliphatic heterocycles. The number of oxime groups is 1. The highest BCUT2D eigenvalue weighted by atomic mass is 16.7. The summed E-state index contributed by atoms with van der Waals surface area (Å²) < 4.78 is 5.38. The van der Waals surface area contributed by atoms with Crippen LogP contribution < -0.4 is 4.74 Å². The highest BCUT2D eigenvalue weighted by Crippen LogP contribution is 2.32. The van der Waals surface area contributed by atoms with Crippen LogP contribution in [0.25, 0.3) is 0 Å². The fourth-order valence-electron chi connectivity index (χ4n) is 3.23. The Morgan fingerprint density at radius 3 is 2.74 bits per heavy atom. The number of nitrogens with zero attached hydrogens (tertiary/aromatic N) is 2.